The summed E-state index contributed by atoms with van der Waals surface area (Å²) in [6, 6.07) is -0.601. The minimum absolute atomic E-state index is 0.174. The minimum Gasteiger partial charge on any atom is -0.480 e. The molecule has 1 unspecified atom stereocenters. The van der Waals surface area contributed by atoms with Gasteiger partial charge in [0.05, 0.1) is 0 Å². The molecule has 0 aliphatic rings. The highest BCUT2D eigenvalue weighted by Crippen LogP contribution is 1.93. The first-order valence-electron chi connectivity index (χ1n) is 3.08. The van der Waals surface area contributed by atoms with Crippen LogP contribution in [0.1, 0.15) is 6.92 Å². The van der Waals surface area contributed by atoms with Crippen molar-refractivity contribution in [3.63, 3.8) is 0 Å². The number of rotatable bonds is 4. The third-order valence-corrected chi connectivity index (χ3v) is 1.46. The van der Waals surface area contributed by atoms with Gasteiger partial charge in [-0.2, -0.15) is 0 Å². The summed E-state index contributed by atoms with van der Waals surface area (Å²) in [4.78, 5) is 11.7. The average Bonchev–Trinajstić information content (AvgIpc) is 1.87. The Morgan fingerprint density at radius 3 is 2.60 bits per heavy atom. The number of carboxylic acids is 1. The number of nitrogens with zero attached hydrogens (tertiary/aromatic N) is 1. The van der Waals surface area contributed by atoms with Gasteiger partial charge in [-0.3, -0.25) is 9.69 Å². The summed E-state index contributed by atoms with van der Waals surface area (Å²) in [6.45, 7) is 1.19. The van der Waals surface area contributed by atoms with Gasteiger partial charge < -0.3 is 5.11 Å². The Kier molecular flexibility index (Phi) is 3.95. The van der Waals surface area contributed by atoms with Crippen molar-refractivity contribution in [1.82, 2.24) is 4.90 Å². The molecule has 0 fully saturated rings. The molecular weight excluding hydrogens is 137 g/mol. The zero-order chi connectivity index (χ0) is 8.15. The second-order valence-corrected chi connectivity index (χ2v) is 2.18. The molecule has 0 aliphatic heterocycles. The molecule has 0 radical (unpaired) electrons. The first-order valence-corrected chi connectivity index (χ1v) is 3.08. The summed E-state index contributed by atoms with van der Waals surface area (Å²) in [6.07, 6.45) is 0. The van der Waals surface area contributed by atoms with Gasteiger partial charge in [0.1, 0.15) is 12.7 Å². The Morgan fingerprint density at radius 1 is 1.80 bits per heavy atom. The van der Waals surface area contributed by atoms with Crippen LogP contribution in [0, 0.1) is 0 Å². The molecule has 0 aliphatic carbocycles. The summed E-state index contributed by atoms with van der Waals surface area (Å²) in [7, 11) is 1.58. The lowest BCUT2D eigenvalue weighted by molar-refractivity contribution is -0.142. The largest absolute Gasteiger partial charge is 0.480 e. The zero-order valence-electron chi connectivity index (χ0n) is 6.17. The summed E-state index contributed by atoms with van der Waals surface area (Å²) >= 11 is 0. The van der Waals surface area contributed by atoms with Crippen LogP contribution >= 0.6 is 0 Å². The van der Waals surface area contributed by atoms with Crippen LogP contribution in [-0.4, -0.2) is 42.3 Å². The molecule has 0 bridgehead atoms. The van der Waals surface area contributed by atoms with E-state index in [0.29, 0.717) is 0 Å². The first kappa shape index (κ1) is 9.36. The molecule has 4 heteroatoms. The quantitative estimate of drug-likeness (QED) is 0.627. The van der Waals surface area contributed by atoms with E-state index in [4.69, 9.17) is 5.11 Å². The molecule has 0 saturated carbocycles. The summed E-state index contributed by atoms with van der Waals surface area (Å²) in [5.41, 5.74) is 0. The van der Waals surface area contributed by atoms with Gasteiger partial charge in [-0.15, -0.1) is 0 Å². The van der Waals surface area contributed by atoms with Crippen LogP contribution in [0.4, 0.5) is 4.39 Å². The molecule has 60 valence electrons. The standard InChI is InChI=1S/C6H12FNO2/c1-5(6(9)10)8(2)4-3-7/h5H,3-4H2,1-2H3,(H,9,10). The Hall–Kier alpha value is -0.640. The number of carboxylic acid groups (broad SMARTS) is 1. The van der Waals surface area contributed by atoms with E-state index in [1.165, 1.54) is 11.8 Å². The highest BCUT2D eigenvalue weighted by Gasteiger charge is 2.15. The topological polar surface area (TPSA) is 40.5 Å². The fraction of sp³-hybridized carbons (Fsp3) is 0.833. The van der Waals surface area contributed by atoms with Gasteiger partial charge in [-0.05, 0) is 14.0 Å². The van der Waals surface area contributed by atoms with Crippen molar-refractivity contribution in [3.8, 4) is 0 Å². The molecule has 3 nitrogen and oxygen atoms in total. The Balaban J connectivity index is 3.69. The van der Waals surface area contributed by atoms with E-state index < -0.39 is 18.7 Å². The third kappa shape index (κ3) is 2.77. The number of aliphatic carboxylic acids is 1. The summed E-state index contributed by atoms with van der Waals surface area (Å²) in [5.74, 6) is -0.920. The average molecular weight is 149 g/mol. The lowest BCUT2D eigenvalue weighted by Crippen LogP contribution is -2.36. The maximum atomic E-state index is 11.6. The summed E-state index contributed by atoms with van der Waals surface area (Å²) in [5, 5.41) is 8.41. The summed E-state index contributed by atoms with van der Waals surface area (Å²) < 4.78 is 11.6. The van der Waals surface area contributed by atoms with Gasteiger partial charge in [0.15, 0.2) is 0 Å². The van der Waals surface area contributed by atoms with Crippen molar-refractivity contribution in [2.45, 2.75) is 13.0 Å². The molecular formula is C6H12FNO2. The van der Waals surface area contributed by atoms with E-state index in [2.05, 4.69) is 0 Å². The molecule has 1 atom stereocenters. The van der Waals surface area contributed by atoms with E-state index in [0.717, 1.165) is 0 Å². The number of carbonyl (C=O) groups is 1. The van der Waals surface area contributed by atoms with Crippen LogP contribution in [0.3, 0.4) is 0 Å². The maximum Gasteiger partial charge on any atom is 0.320 e. The van der Waals surface area contributed by atoms with Gasteiger partial charge in [-0.25, -0.2) is 4.39 Å². The molecule has 0 aromatic carbocycles. The predicted octanol–water partition coefficient (Wildman–Crippen LogP) is 0.361. The molecule has 0 amide bonds. The SMILES string of the molecule is CC(C(=O)O)N(C)CCF. The van der Waals surface area contributed by atoms with Crippen molar-refractivity contribution in [2.24, 2.45) is 0 Å². The lowest BCUT2D eigenvalue weighted by atomic mass is 10.3. The van der Waals surface area contributed by atoms with Crippen molar-refractivity contribution in [1.29, 1.82) is 0 Å². The molecule has 0 rings (SSSR count). The second kappa shape index (κ2) is 4.22. The normalized spacial score (nSPS) is 13.6. The highest BCUT2D eigenvalue weighted by atomic mass is 19.1. The molecule has 10 heavy (non-hydrogen) atoms. The Morgan fingerprint density at radius 2 is 2.30 bits per heavy atom. The Bertz CT molecular complexity index is 118. The maximum absolute atomic E-state index is 11.6. The van der Waals surface area contributed by atoms with Crippen molar-refractivity contribution >= 4 is 5.97 Å². The number of likely N-dealkylation sites (N-methyl/N-ethyl adjacent to an activating group) is 1. The number of halogens is 1. The van der Waals surface area contributed by atoms with Crippen LogP contribution in [-0.2, 0) is 4.79 Å². The van der Waals surface area contributed by atoms with E-state index in [1.54, 1.807) is 7.05 Å². The fourth-order valence-electron chi connectivity index (χ4n) is 0.515. The van der Waals surface area contributed by atoms with Crippen LogP contribution in [0.25, 0.3) is 0 Å². The van der Waals surface area contributed by atoms with E-state index in [1.807, 2.05) is 0 Å². The highest BCUT2D eigenvalue weighted by molar-refractivity contribution is 5.72. The zero-order valence-corrected chi connectivity index (χ0v) is 6.17. The Labute approximate surface area is 59.4 Å². The van der Waals surface area contributed by atoms with Gasteiger partial charge in [-0.1, -0.05) is 0 Å². The minimum atomic E-state index is -0.920. The van der Waals surface area contributed by atoms with Crippen LogP contribution < -0.4 is 0 Å². The molecule has 0 spiro atoms. The molecule has 0 heterocycles. The molecule has 0 saturated heterocycles. The van der Waals surface area contributed by atoms with Crippen molar-refractivity contribution in [3.05, 3.63) is 0 Å². The second-order valence-electron chi connectivity index (χ2n) is 2.18. The van der Waals surface area contributed by atoms with Crippen molar-refractivity contribution < 1.29 is 14.3 Å². The predicted molar refractivity (Wildman–Crippen MR) is 35.7 cm³/mol. The molecule has 1 N–H and O–H groups in total. The smallest absolute Gasteiger partial charge is 0.320 e. The number of hydrogen-bond acceptors (Lipinski definition) is 2. The van der Waals surface area contributed by atoms with Crippen molar-refractivity contribution in [2.75, 3.05) is 20.3 Å². The van der Waals surface area contributed by atoms with E-state index in [9.17, 15) is 9.18 Å². The fourth-order valence-corrected chi connectivity index (χ4v) is 0.515. The number of hydrogen-bond donors (Lipinski definition) is 1. The van der Waals surface area contributed by atoms with Crippen LogP contribution in [0.15, 0.2) is 0 Å². The van der Waals surface area contributed by atoms with Crippen LogP contribution in [0.2, 0.25) is 0 Å². The molecule has 0 aromatic heterocycles. The van der Waals surface area contributed by atoms with Gasteiger partial charge in [0, 0.05) is 6.54 Å². The van der Waals surface area contributed by atoms with Gasteiger partial charge >= 0.3 is 5.97 Å². The third-order valence-electron chi connectivity index (χ3n) is 1.46. The lowest BCUT2D eigenvalue weighted by Gasteiger charge is -2.18. The number of alkyl halides is 1. The monoisotopic (exact) mass is 149 g/mol. The molecule has 0 aromatic rings. The first-order chi connectivity index (χ1) is 4.59. The van der Waals surface area contributed by atoms with E-state index in [-0.39, 0.29) is 6.54 Å². The van der Waals surface area contributed by atoms with Gasteiger partial charge in [0.2, 0.25) is 0 Å². The van der Waals surface area contributed by atoms with Crippen LogP contribution in [0.5, 0.6) is 0 Å². The van der Waals surface area contributed by atoms with E-state index >= 15 is 0 Å². The van der Waals surface area contributed by atoms with Gasteiger partial charge in [0.25, 0.3) is 0 Å².